The van der Waals surface area contributed by atoms with Crippen LogP contribution in [0.2, 0.25) is 0 Å². The largest absolute Gasteiger partial charge is 0.493 e. The summed E-state index contributed by atoms with van der Waals surface area (Å²) in [6.07, 6.45) is 0. The third-order valence-corrected chi connectivity index (χ3v) is 4.48. The van der Waals surface area contributed by atoms with Crippen molar-refractivity contribution in [2.45, 2.75) is 6.92 Å². The van der Waals surface area contributed by atoms with E-state index in [0.29, 0.717) is 6.61 Å². The maximum atomic E-state index is 5.52. The highest BCUT2D eigenvalue weighted by atomic mass is 79.9. The van der Waals surface area contributed by atoms with Gasteiger partial charge in [0.2, 0.25) is 0 Å². The zero-order chi connectivity index (χ0) is 13.2. The Balaban J connectivity index is 2.03. The topological polar surface area (TPSA) is 22.1 Å². The van der Waals surface area contributed by atoms with E-state index in [1.165, 1.54) is 4.70 Å². The molecule has 19 heavy (non-hydrogen) atoms. The first kappa shape index (κ1) is 12.6. The monoisotopic (exact) mass is 333 g/mol. The van der Waals surface area contributed by atoms with Crippen molar-refractivity contribution in [1.82, 2.24) is 4.98 Å². The number of benzene rings is 2. The van der Waals surface area contributed by atoms with Crippen molar-refractivity contribution >= 4 is 37.5 Å². The van der Waals surface area contributed by atoms with Crippen LogP contribution in [0, 0.1) is 0 Å². The van der Waals surface area contributed by atoms with Gasteiger partial charge in [-0.1, -0.05) is 12.1 Å². The van der Waals surface area contributed by atoms with E-state index in [2.05, 4.69) is 33.0 Å². The maximum Gasteiger partial charge on any atom is 0.133 e. The molecule has 0 saturated carbocycles. The Kier molecular flexibility index (Phi) is 3.53. The van der Waals surface area contributed by atoms with Gasteiger partial charge >= 0.3 is 0 Å². The summed E-state index contributed by atoms with van der Waals surface area (Å²) in [4.78, 5) is 4.66. The van der Waals surface area contributed by atoms with E-state index in [1.807, 2.05) is 37.3 Å². The highest BCUT2D eigenvalue weighted by Gasteiger charge is 2.08. The second-order valence-corrected chi connectivity index (χ2v) is 5.95. The number of hydrogen-bond acceptors (Lipinski definition) is 3. The van der Waals surface area contributed by atoms with E-state index in [4.69, 9.17) is 4.74 Å². The van der Waals surface area contributed by atoms with Crippen molar-refractivity contribution in [3.63, 3.8) is 0 Å². The summed E-state index contributed by atoms with van der Waals surface area (Å²) in [6.45, 7) is 2.65. The summed E-state index contributed by atoms with van der Waals surface area (Å²) in [5.74, 6) is 0.868. The molecule has 2 nitrogen and oxygen atoms in total. The maximum absolute atomic E-state index is 5.52. The second kappa shape index (κ2) is 5.31. The van der Waals surface area contributed by atoms with Crippen molar-refractivity contribution in [3.05, 3.63) is 46.9 Å². The van der Waals surface area contributed by atoms with Crippen molar-refractivity contribution in [2.75, 3.05) is 6.61 Å². The Morgan fingerprint density at radius 3 is 2.79 bits per heavy atom. The lowest BCUT2D eigenvalue weighted by molar-refractivity contribution is 0.338. The molecule has 0 bridgehead atoms. The van der Waals surface area contributed by atoms with E-state index in [-0.39, 0.29) is 0 Å². The first-order valence-electron chi connectivity index (χ1n) is 6.06. The summed E-state index contributed by atoms with van der Waals surface area (Å²) in [5, 5.41) is 1.03. The Labute approximate surface area is 124 Å². The number of halogens is 1. The molecule has 0 saturated heterocycles. The number of para-hydroxylation sites is 1. The van der Waals surface area contributed by atoms with Crippen LogP contribution in [0.5, 0.6) is 5.75 Å². The molecule has 4 heteroatoms. The summed E-state index contributed by atoms with van der Waals surface area (Å²) in [6, 6.07) is 14.3. The summed E-state index contributed by atoms with van der Waals surface area (Å²) >= 11 is 5.25. The molecule has 0 aliphatic heterocycles. The molecule has 1 aromatic heterocycles. The highest BCUT2D eigenvalue weighted by Crippen LogP contribution is 2.34. The Hall–Kier alpha value is -1.39. The van der Waals surface area contributed by atoms with Crippen molar-refractivity contribution in [3.8, 4) is 16.3 Å². The van der Waals surface area contributed by atoms with Crippen LogP contribution < -0.4 is 4.74 Å². The van der Waals surface area contributed by atoms with Gasteiger partial charge in [-0.3, -0.25) is 0 Å². The molecule has 3 aromatic rings. The van der Waals surface area contributed by atoms with E-state index in [0.717, 1.165) is 26.3 Å². The molecule has 0 aliphatic carbocycles. The van der Waals surface area contributed by atoms with Gasteiger partial charge in [0, 0.05) is 5.56 Å². The van der Waals surface area contributed by atoms with Crippen LogP contribution in [0.25, 0.3) is 20.8 Å². The van der Waals surface area contributed by atoms with Gasteiger partial charge in [-0.05, 0) is 53.2 Å². The van der Waals surface area contributed by atoms with Gasteiger partial charge in [-0.15, -0.1) is 11.3 Å². The molecule has 2 aromatic carbocycles. The molecule has 0 aliphatic rings. The lowest BCUT2D eigenvalue weighted by Crippen LogP contribution is -1.92. The number of rotatable bonds is 3. The summed E-state index contributed by atoms with van der Waals surface area (Å²) < 4.78 is 7.70. The van der Waals surface area contributed by atoms with Gasteiger partial charge in [0.15, 0.2) is 0 Å². The fourth-order valence-electron chi connectivity index (χ4n) is 1.90. The van der Waals surface area contributed by atoms with E-state index < -0.39 is 0 Å². The fraction of sp³-hybridized carbons (Fsp3) is 0.133. The molecular formula is C15H12BrNOS. The molecule has 0 spiro atoms. The van der Waals surface area contributed by atoms with Crippen molar-refractivity contribution in [1.29, 1.82) is 0 Å². The minimum Gasteiger partial charge on any atom is -0.493 e. The van der Waals surface area contributed by atoms with Crippen LogP contribution in [0.15, 0.2) is 46.9 Å². The summed E-state index contributed by atoms with van der Waals surface area (Å²) in [5.41, 5.74) is 2.16. The number of thiazole rings is 1. The first-order valence-corrected chi connectivity index (χ1v) is 7.67. The fourth-order valence-corrected chi connectivity index (χ4v) is 3.36. The van der Waals surface area contributed by atoms with E-state index in [9.17, 15) is 0 Å². The second-order valence-electron chi connectivity index (χ2n) is 4.06. The molecule has 0 amide bonds. The van der Waals surface area contributed by atoms with E-state index >= 15 is 0 Å². The predicted molar refractivity (Wildman–Crippen MR) is 83.9 cm³/mol. The van der Waals surface area contributed by atoms with Crippen LogP contribution in [-0.4, -0.2) is 11.6 Å². The van der Waals surface area contributed by atoms with Crippen LogP contribution in [0.4, 0.5) is 0 Å². The Bertz CT molecular complexity index is 690. The van der Waals surface area contributed by atoms with Crippen molar-refractivity contribution in [2.24, 2.45) is 0 Å². The van der Waals surface area contributed by atoms with E-state index in [1.54, 1.807) is 11.3 Å². The molecule has 0 N–H and O–H groups in total. The normalized spacial score (nSPS) is 10.8. The minimum absolute atomic E-state index is 0.666. The number of ether oxygens (including phenoxy) is 1. The minimum atomic E-state index is 0.666. The zero-order valence-corrected chi connectivity index (χ0v) is 12.8. The van der Waals surface area contributed by atoms with Gasteiger partial charge in [0.05, 0.1) is 21.3 Å². The predicted octanol–water partition coefficient (Wildman–Crippen LogP) is 5.12. The van der Waals surface area contributed by atoms with Crippen LogP contribution >= 0.6 is 27.3 Å². The highest BCUT2D eigenvalue weighted by molar-refractivity contribution is 9.10. The number of fused-ring (bicyclic) bond motifs is 1. The van der Waals surface area contributed by atoms with Gasteiger partial charge in [0.25, 0.3) is 0 Å². The molecule has 0 radical (unpaired) electrons. The van der Waals surface area contributed by atoms with Gasteiger partial charge in [-0.25, -0.2) is 4.98 Å². The van der Waals surface area contributed by atoms with Crippen LogP contribution in [0.1, 0.15) is 6.92 Å². The van der Waals surface area contributed by atoms with Crippen molar-refractivity contribution < 1.29 is 4.74 Å². The third kappa shape index (κ3) is 2.51. The lowest BCUT2D eigenvalue weighted by atomic mass is 10.2. The summed E-state index contributed by atoms with van der Waals surface area (Å²) in [7, 11) is 0. The van der Waals surface area contributed by atoms with Crippen LogP contribution in [-0.2, 0) is 0 Å². The number of nitrogens with zero attached hydrogens (tertiary/aromatic N) is 1. The molecule has 3 rings (SSSR count). The average molecular weight is 334 g/mol. The molecule has 1 heterocycles. The molecule has 0 atom stereocenters. The number of hydrogen-bond donors (Lipinski definition) is 0. The molecule has 0 fully saturated rings. The molecular weight excluding hydrogens is 322 g/mol. The smallest absolute Gasteiger partial charge is 0.133 e. The zero-order valence-electron chi connectivity index (χ0n) is 10.4. The quantitative estimate of drug-likeness (QED) is 0.663. The van der Waals surface area contributed by atoms with Gasteiger partial charge in [0.1, 0.15) is 10.8 Å². The van der Waals surface area contributed by atoms with Gasteiger partial charge in [-0.2, -0.15) is 0 Å². The van der Waals surface area contributed by atoms with Crippen LogP contribution in [0.3, 0.4) is 0 Å². The Morgan fingerprint density at radius 1 is 1.21 bits per heavy atom. The molecule has 96 valence electrons. The number of aromatic nitrogens is 1. The Morgan fingerprint density at radius 2 is 2.05 bits per heavy atom. The van der Waals surface area contributed by atoms with Gasteiger partial charge < -0.3 is 4.74 Å². The first-order chi connectivity index (χ1) is 9.28. The third-order valence-electron chi connectivity index (χ3n) is 2.77. The lowest BCUT2D eigenvalue weighted by Gasteiger charge is -2.06. The standard InChI is InChI=1S/C15H12BrNOS/c1-2-18-13-8-7-10(9-11(13)16)15-17-12-5-3-4-6-14(12)19-15/h3-9H,2H2,1H3. The average Bonchev–Trinajstić information content (AvgIpc) is 2.85. The SMILES string of the molecule is CCOc1ccc(-c2nc3ccccc3s2)cc1Br. The molecule has 0 unspecified atom stereocenters.